The van der Waals surface area contributed by atoms with Crippen molar-refractivity contribution in [3.8, 4) is 5.75 Å². The standard InChI is InChI=1S/C22H23NO4/c1-13-10-16-14(11-19(13)27-3)8-9-15(20(16)24)12-22(26)17-6-4-5-7-18(17)23(2)21(22)25/h4-7,10-11,15,26H,8-9,12H2,1-3H3/t15-,22+/m0/s1. The maximum absolute atomic E-state index is 13.1. The first kappa shape index (κ1) is 17.7. The van der Waals surface area contributed by atoms with Gasteiger partial charge in [0.2, 0.25) is 0 Å². The van der Waals surface area contributed by atoms with Crippen LogP contribution in [0.5, 0.6) is 5.75 Å². The summed E-state index contributed by atoms with van der Waals surface area (Å²) in [6.45, 7) is 1.91. The molecule has 1 amide bonds. The number of carbonyl (C=O) groups is 2. The van der Waals surface area contributed by atoms with Crippen molar-refractivity contribution in [2.24, 2.45) is 5.92 Å². The topological polar surface area (TPSA) is 66.8 Å². The summed E-state index contributed by atoms with van der Waals surface area (Å²) in [7, 11) is 3.28. The van der Waals surface area contributed by atoms with E-state index in [4.69, 9.17) is 4.74 Å². The molecule has 2 aliphatic rings. The van der Waals surface area contributed by atoms with E-state index < -0.39 is 5.60 Å². The molecule has 1 heterocycles. The van der Waals surface area contributed by atoms with Crippen LogP contribution in [0.4, 0.5) is 5.69 Å². The zero-order chi connectivity index (χ0) is 19.3. The quantitative estimate of drug-likeness (QED) is 0.908. The molecule has 0 spiro atoms. The second-order valence-electron chi connectivity index (χ2n) is 7.52. The fourth-order valence-corrected chi connectivity index (χ4v) is 4.43. The first-order chi connectivity index (χ1) is 12.9. The molecule has 140 valence electrons. The summed E-state index contributed by atoms with van der Waals surface area (Å²) in [6.07, 6.45) is 1.44. The Bertz CT molecular complexity index is 951. The number of hydrogen-bond donors (Lipinski definition) is 1. The molecular weight excluding hydrogens is 342 g/mol. The summed E-state index contributed by atoms with van der Waals surface area (Å²) in [5.74, 6) is 0.0161. The SMILES string of the molecule is COc1cc2c(cc1C)C(=O)[C@H](C[C@]1(O)C(=O)N(C)c3ccccc31)CC2. The van der Waals surface area contributed by atoms with Crippen molar-refractivity contribution >= 4 is 17.4 Å². The number of benzene rings is 2. The van der Waals surface area contributed by atoms with E-state index in [1.54, 1.807) is 20.2 Å². The average molecular weight is 365 g/mol. The Morgan fingerprint density at radius 2 is 2.00 bits per heavy atom. The maximum Gasteiger partial charge on any atom is 0.263 e. The van der Waals surface area contributed by atoms with E-state index in [0.29, 0.717) is 23.2 Å². The maximum atomic E-state index is 13.1. The smallest absolute Gasteiger partial charge is 0.263 e. The number of carbonyl (C=O) groups excluding carboxylic acids is 2. The highest BCUT2D eigenvalue weighted by molar-refractivity contribution is 6.07. The van der Waals surface area contributed by atoms with Gasteiger partial charge in [0.1, 0.15) is 5.75 Å². The molecule has 0 radical (unpaired) electrons. The summed E-state index contributed by atoms with van der Waals surface area (Å²) in [5, 5.41) is 11.3. The van der Waals surface area contributed by atoms with Crippen LogP contribution in [0, 0.1) is 12.8 Å². The van der Waals surface area contributed by atoms with Crippen LogP contribution < -0.4 is 9.64 Å². The lowest BCUT2D eigenvalue weighted by Crippen LogP contribution is -2.42. The van der Waals surface area contributed by atoms with Gasteiger partial charge in [-0.05, 0) is 55.5 Å². The second-order valence-corrected chi connectivity index (χ2v) is 7.52. The van der Waals surface area contributed by atoms with Crippen molar-refractivity contribution in [3.05, 3.63) is 58.7 Å². The van der Waals surface area contributed by atoms with E-state index in [-0.39, 0.29) is 24.0 Å². The van der Waals surface area contributed by atoms with Crippen LogP contribution in [-0.4, -0.2) is 31.0 Å². The van der Waals surface area contributed by atoms with Crippen molar-refractivity contribution in [3.63, 3.8) is 0 Å². The van der Waals surface area contributed by atoms with Gasteiger partial charge in [-0.15, -0.1) is 0 Å². The van der Waals surface area contributed by atoms with Gasteiger partial charge in [-0.2, -0.15) is 0 Å². The number of para-hydroxylation sites is 1. The third-order valence-electron chi connectivity index (χ3n) is 5.93. The van der Waals surface area contributed by atoms with Crippen LogP contribution in [0.3, 0.4) is 0 Å². The number of Topliss-reactive ketones (excluding diaryl/α,β-unsaturated/α-hetero) is 1. The molecule has 0 aromatic heterocycles. The fraction of sp³-hybridized carbons (Fsp3) is 0.364. The number of fused-ring (bicyclic) bond motifs is 2. The van der Waals surface area contributed by atoms with E-state index >= 15 is 0 Å². The number of rotatable bonds is 3. The highest BCUT2D eigenvalue weighted by atomic mass is 16.5. The van der Waals surface area contributed by atoms with E-state index in [1.165, 1.54) is 4.90 Å². The number of methoxy groups -OCH3 is 1. The Morgan fingerprint density at radius 1 is 1.26 bits per heavy atom. The third-order valence-corrected chi connectivity index (χ3v) is 5.93. The van der Waals surface area contributed by atoms with Crippen LogP contribution in [0.15, 0.2) is 36.4 Å². The van der Waals surface area contributed by atoms with Gasteiger partial charge >= 0.3 is 0 Å². The van der Waals surface area contributed by atoms with E-state index in [2.05, 4.69) is 0 Å². The Kier molecular flexibility index (Phi) is 4.07. The van der Waals surface area contributed by atoms with Crippen molar-refractivity contribution in [2.75, 3.05) is 19.1 Å². The normalized spacial score (nSPS) is 24.0. The van der Waals surface area contributed by atoms with Crippen LogP contribution >= 0.6 is 0 Å². The Hall–Kier alpha value is -2.66. The van der Waals surface area contributed by atoms with Crippen molar-refractivity contribution < 1.29 is 19.4 Å². The highest BCUT2D eigenvalue weighted by Gasteiger charge is 2.50. The number of ketones is 1. The first-order valence-electron chi connectivity index (χ1n) is 9.18. The van der Waals surface area contributed by atoms with Gasteiger partial charge in [-0.25, -0.2) is 0 Å². The van der Waals surface area contributed by atoms with Gasteiger partial charge in [0.05, 0.1) is 12.8 Å². The first-order valence-corrected chi connectivity index (χ1v) is 9.18. The molecule has 2 aromatic carbocycles. The van der Waals surface area contributed by atoms with Crippen molar-refractivity contribution in [1.82, 2.24) is 0 Å². The summed E-state index contributed by atoms with van der Waals surface area (Å²) in [5.41, 5.74) is 2.20. The monoisotopic (exact) mass is 365 g/mol. The number of aryl methyl sites for hydroxylation is 2. The molecule has 4 rings (SSSR count). The Labute approximate surface area is 158 Å². The van der Waals surface area contributed by atoms with Gasteiger partial charge in [-0.1, -0.05) is 18.2 Å². The third kappa shape index (κ3) is 2.57. The minimum absolute atomic E-state index is 0.00439. The average Bonchev–Trinajstić information content (AvgIpc) is 2.86. The number of nitrogens with zero attached hydrogens (tertiary/aromatic N) is 1. The van der Waals surface area contributed by atoms with Crippen molar-refractivity contribution in [1.29, 1.82) is 0 Å². The van der Waals surface area contributed by atoms with Crippen molar-refractivity contribution in [2.45, 2.75) is 31.8 Å². The Balaban J connectivity index is 1.67. The lowest BCUT2D eigenvalue weighted by atomic mass is 9.75. The van der Waals surface area contributed by atoms with Gasteiger partial charge in [0, 0.05) is 24.1 Å². The lowest BCUT2D eigenvalue weighted by Gasteiger charge is -2.30. The number of aliphatic hydroxyl groups is 1. The van der Waals surface area contributed by atoms with Crippen LogP contribution in [0.1, 0.15) is 39.9 Å². The highest BCUT2D eigenvalue weighted by Crippen LogP contribution is 2.45. The molecular formula is C22H23NO4. The predicted octanol–water partition coefficient (Wildman–Crippen LogP) is 3.00. The van der Waals surface area contributed by atoms with Crippen LogP contribution in [0.25, 0.3) is 0 Å². The number of likely N-dealkylation sites (N-methyl/N-ethyl adjacent to an activating group) is 1. The van der Waals surface area contributed by atoms with Gasteiger partial charge in [0.25, 0.3) is 5.91 Å². The van der Waals surface area contributed by atoms with E-state index in [9.17, 15) is 14.7 Å². The van der Waals surface area contributed by atoms with Gasteiger partial charge < -0.3 is 14.7 Å². The fourth-order valence-electron chi connectivity index (χ4n) is 4.43. The van der Waals surface area contributed by atoms with Gasteiger partial charge in [-0.3, -0.25) is 9.59 Å². The summed E-state index contributed by atoms with van der Waals surface area (Å²) in [6, 6.07) is 11.0. The Morgan fingerprint density at radius 3 is 2.74 bits per heavy atom. The summed E-state index contributed by atoms with van der Waals surface area (Å²) >= 11 is 0. The molecule has 0 saturated heterocycles. The lowest BCUT2D eigenvalue weighted by molar-refractivity contribution is -0.137. The van der Waals surface area contributed by atoms with Crippen LogP contribution in [0.2, 0.25) is 0 Å². The molecule has 2 atom stereocenters. The molecule has 1 aliphatic carbocycles. The number of amides is 1. The molecule has 0 bridgehead atoms. The molecule has 5 nitrogen and oxygen atoms in total. The minimum atomic E-state index is -1.65. The number of ether oxygens (including phenoxy) is 1. The molecule has 0 unspecified atom stereocenters. The molecule has 2 aromatic rings. The zero-order valence-corrected chi connectivity index (χ0v) is 15.8. The summed E-state index contributed by atoms with van der Waals surface area (Å²) < 4.78 is 5.36. The molecule has 1 aliphatic heterocycles. The molecule has 1 N–H and O–H groups in total. The number of hydrogen-bond acceptors (Lipinski definition) is 4. The summed E-state index contributed by atoms with van der Waals surface area (Å²) in [4.78, 5) is 27.4. The molecule has 27 heavy (non-hydrogen) atoms. The van der Waals surface area contributed by atoms with Gasteiger partial charge in [0.15, 0.2) is 11.4 Å². The largest absolute Gasteiger partial charge is 0.496 e. The minimum Gasteiger partial charge on any atom is -0.496 e. The second kappa shape index (κ2) is 6.20. The van der Waals surface area contributed by atoms with Crippen LogP contribution in [-0.2, 0) is 16.8 Å². The van der Waals surface area contributed by atoms with E-state index in [1.807, 2.05) is 37.3 Å². The predicted molar refractivity (Wildman–Crippen MR) is 102 cm³/mol. The van der Waals surface area contributed by atoms with E-state index in [0.717, 1.165) is 23.3 Å². The molecule has 0 saturated carbocycles. The molecule has 0 fully saturated rings. The zero-order valence-electron chi connectivity index (χ0n) is 15.8. The number of anilines is 1. The molecule has 5 heteroatoms.